The molecule has 1 aromatic heterocycles. The maximum Gasteiger partial charge on any atom is 0.193 e. The van der Waals surface area contributed by atoms with Gasteiger partial charge in [-0.05, 0) is 32.3 Å². The van der Waals surface area contributed by atoms with Gasteiger partial charge in [-0.1, -0.05) is 43.2 Å². The highest BCUT2D eigenvalue weighted by molar-refractivity contribution is 14.0. The Labute approximate surface area is 214 Å². The minimum atomic E-state index is 0. The Morgan fingerprint density at radius 2 is 1.94 bits per heavy atom. The molecule has 178 valence electrons. The van der Waals surface area contributed by atoms with Gasteiger partial charge in [-0.3, -0.25) is 4.99 Å². The number of benzene rings is 1. The lowest BCUT2D eigenvalue weighted by atomic mass is 9.94. The van der Waals surface area contributed by atoms with Gasteiger partial charge in [-0.2, -0.15) is 0 Å². The van der Waals surface area contributed by atoms with E-state index in [1.54, 1.807) is 18.4 Å². The summed E-state index contributed by atoms with van der Waals surface area (Å²) in [5, 5.41) is 10.7. The van der Waals surface area contributed by atoms with Crippen LogP contribution in [0.3, 0.4) is 0 Å². The maximum absolute atomic E-state index is 5.38. The second-order valence-electron chi connectivity index (χ2n) is 8.58. The number of rotatable bonds is 9. The molecule has 1 saturated carbocycles. The van der Waals surface area contributed by atoms with Crippen molar-refractivity contribution in [2.24, 2.45) is 4.99 Å². The molecule has 2 N–H and O–H groups in total. The molecule has 8 heteroatoms. The van der Waals surface area contributed by atoms with Crippen molar-refractivity contribution in [2.75, 3.05) is 27.7 Å². The third-order valence-electron chi connectivity index (χ3n) is 6.21. The summed E-state index contributed by atoms with van der Waals surface area (Å²) in [6, 6.07) is 11.0. The van der Waals surface area contributed by atoms with Gasteiger partial charge in [0.2, 0.25) is 0 Å². The Morgan fingerprint density at radius 3 is 2.56 bits per heavy atom. The first kappa shape index (κ1) is 27.0. The van der Waals surface area contributed by atoms with Crippen molar-refractivity contribution in [3.05, 3.63) is 52.0 Å². The lowest BCUT2D eigenvalue weighted by Gasteiger charge is -2.35. The van der Waals surface area contributed by atoms with E-state index in [9.17, 15) is 0 Å². The van der Waals surface area contributed by atoms with E-state index in [-0.39, 0.29) is 35.6 Å². The molecule has 6 nitrogen and oxygen atoms in total. The normalized spacial score (nSPS) is 17.5. The molecular formula is C24H38IN5OS. The number of nitrogens with zero attached hydrogens (tertiary/aromatic N) is 3. The second kappa shape index (κ2) is 12.9. The molecular weight excluding hydrogens is 533 g/mol. The molecule has 0 aliphatic heterocycles. The summed E-state index contributed by atoms with van der Waals surface area (Å²) in [6.45, 7) is 5.87. The van der Waals surface area contributed by atoms with Crippen LogP contribution in [-0.2, 0) is 11.3 Å². The standard InChI is InChI=1S/C24H37N5OS.HI/c1-18(20-11-7-6-8-12-20)28-24(13-9-10-14-24)17-26-23(25-3)29(4)15-21-16-31-22(27-21)19(2)30-5;/h6-8,11-12,16,18-19,28H,9-10,13-15,17H2,1-5H3,(H,25,26);1H. The number of methoxy groups -OCH3 is 1. The molecule has 3 rings (SSSR count). The molecule has 2 unspecified atom stereocenters. The van der Waals surface area contributed by atoms with Crippen molar-refractivity contribution in [3.63, 3.8) is 0 Å². The minimum absolute atomic E-state index is 0. The van der Waals surface area contributed by atoms with Crippen LogP contribution < -0.4 is 10.6 Å². The van der Waals surface area contributed by atoms with E-state index in [2.05, 4.69) is 70.2 Å². The SMILES string of the molecule is CN=C(NCC1(NC(C)c2ccccc2)CCCC1)N(C)Cc1csc(C(C)OC)n1.I. The first-order chi connectivity index (χ1) is 15.0. The third-order valence-corrected chi connectivity index (χ3v) is 7.27. The number of ether oxygens (including phenoxy) is 1. The summed E-state index contributed by atoms with van der Waals surface area (Å²) >= 11 is 1.65. The van der Waals surface area contributed by atoms with Gasteiger partial charge in [0.15, 0.2) is 5.96 Å². The van der Waals surface area contributed by atoms with Crippen LogP contribution in [0.5, 0.6) is 0 Å². The summed E-state index contributed by atoms with van der Waals surface area (Å²) in [7, 11) is 5.63. The molecule has 0 radical (unpaired) electrons. The number of nitrogens with one attached hydrogen (secondary N) is 2. The summed E-state index contributed by atoms with van der Waals surface area (Å²) in [5.41, 5.74) is 2.47. The van der Waals surface area contributed by atoms with E-state index in [0.717, 1.165) is 23.2 Å². The number of halogens is 1. The number of aromatic nitrogens is 1. The van der Waals surface area contributed by atoms with Gasteiger partial charge in [0.1, 0.15) is 11.1 Å². The molecule has 1 fully saturated rings. The highest BCUT2D eigenvalue weighted by Gasteiger charge is 2.35. The zero-order valence-corrected chi connectivity index (χ0v) is 23.1. The number of hydrogen-bond donors (Lipinski definition) is 2. The number of hydrogen-bond acceptors (Lipinski definition) is 5. The Kier molecular flexibility index (Phi) is 10.9. The zero-order chi connectivity index (χ0) is 22.3. The van der Waals surface area contributed by atoms with Crippen LogP contribution in [0.2, 0.25) is 0 Å². The van der Waals surface area contributed by atoms with E-state index in [4.69, 9.17) is 9.72 Å². The van der Waals surface area contributed by atoms with Crippen molar-refractivity contribution in [1.29, 1.82) is 0 Å². The summed E-state index contributed by atoms with van der Waals surface area (Å²) < 4.78 is 5.38. The van der Waals surface area contributed by atoms with E-state index in [1.807, 2.05) is 14.0 Å². The van der Waals surface area contributed by atoms with Gasteiger partial charge in [0, 0.05) is 44.7 Å². The van der Waals surface area contributed by atoms with Crippen molar-refractivity contribution in [2.45, 2.75) is 63.8 Å². The summed E-state index contributed by atoms with van der Waals surface area (Å²) in [4.78, 5) is 11.4. The molecule has 0 amide bonds. The lowest BCUT2D eigenvalue weighted by molar-refractivity contribution is 0.119. The van der Waals surface area contributed by atoms with Gasteiger partial charge in [0.25, 0.3) is 0 Å². The Hall–Kier alpha value is -1.23. The molecule has 2 atom stereocenters. The fourth-order valence-corrected chi connectivity index (χ4v) is 5.18. The molecule has 32 heavy (non-hydrogen) atoms. The fourth-order valence-electron chi connectivity index (χ4n) is 4.34. The lowest BCUT2D eigenvalue weighted by Crippen LogP contribution is -2.54. The molecule has 1 heterocycles. The zero-order valence-electron chi connectivity index (χ0n) is 19.9. The quantitative estimate of drug-likeness (QED) is 0.248. The van der Waals surface area contributed by atoms with Gasteiger partial charge >= 0.3 is 0 Å². The smallest absolute Gasteiger partial charge is 0.193 e. The average molecular weight is 572 g/mol. The number of thiazole rings is 1. The summed E-state index contributed by atoms with van der Waals surface area (Å²) in [5.74, 6) is 0.898. The van der Waals surface area contributed by atoms with Gasteiger partial charge in [-0.15, -0.1) is 35.3 Å². The molecule has 1 aliphatic rings. The van der Waals surface area contributed by atoms with Crippen molar-refractivity contribution in [3.8, 4) is 0 Å². The van der Waals surface area contributed by atoms with Crippen molar-refractivity contribution >= 4 is 41.3 Å². The van der Waals surface area contributed by atoms with Gasteiger partial charge in [-0.25, -0.2) is 4.98 Å². The molecule has 1 aliphatic carbocycles. The van der Waals surface area contributed by atoms with Crippen LogP contribution in [0.15, 0.2) is 40.7 Å². The van der Waals surface area contributed by atoms with Crippen LogP contribution in [-0.4, -0.2) is 49.1 Å². The predicted octanol–water partition coefficient (Wildman–Crippen LogP) is 5.14. The molecule has 0 saturated heterocycles. The predicted molar refractivity (Wildman–Crippen MR) is 145 cm³/mol. The third kappa shape index (κ3) is 7.13. The average Bonchev–Trinajstić information content (AvgIpc) is 3.44. The van der Waals surface area contributed by atoms with Crippen LogP contribution >= 0.6 is 35.3 Å². The van der Waals surface area contributed by atoms with Gasteiger partial charge < -0.3 is 20.3 Å². The van der Waals surface area contributed by atoms with Gasteiger partial charge in [0.05, 0.1) is 12.2 Å². The topological polar surface area (TPSA) is 61.8 Å². The van der Waals surface area contributed by atoms with E-state index in [0.29, 0.717) is 12.6 Å². The maximum atomic E-state index is 5.38. The summed E-state index contributed by atoms with van der Waals surface area (Å²) in [6.07, 6.45) is 4.93. The Balaban J connectivity index is 0.00000363. The molecule has 0 bridgehead atoms. The Morgan fingerprint density at radius 1 is 1.25 bits per heavy atom. The first-order valence-corrected chi connectivity index (χ1v) is 12.1. The van der Waals surface area contributed by atoms with Crippen LogP contribution in [0.4, 0.5) is 0 Å². The fraction of sp³-hybridized carbons (Fsp3) is 0.583. The van der Waals surface area contributed by atoms with Crippen LogP contribution in [0.25, 0.3) is 0 Å². The monoisotopic (exact) mass is 571 g/mol. The first-order valence-electron chi connectivity index (χ1n) is 11.2. The van der Waals surface area contributed by atoms with E-state index < -0.39 is 0 Å². The van der Waals surface area contributed by atoms with E-state index >= 15 is 0 Å². The van der Waals surface area contributed by atoms with Crippen LogP contribution in [0.1, 0.15) is 67.9 Å². The molecule has 1 aromatic carbocycles. The van der Waals surface area contributed by atoms with Crippen molar-refractivity contribution in [1.82, 2.24) is 20.5 Å². The van der Waals surface area contributed by atoms with Crippen LogP contribution in [0, 0.1) is 0 Å². The largest absolute Gasteiger partial charge is 0.375 e. The number of guanidine groups is 1. The Bertz CT molecular complexity index is 838. The second-order valence-corrected chi connectivity index (χ2v) is 9.47. The minimum Gasteiger partial charge on any atom is -0.375 e. The molecule has 0 spiro atoms. The van der Waals surface area contributed by atoms with E-state index in [1.165, 1.54) is 31.2 Å². The highest BCUT2D eigenvalue weighted by Crippen LogP contribution is 2.32. The highest BCUT2D eigenvalue weighted by atomic mass is 127. The molecule has 2 aromatic rings. The van der Waals surface area contributed by atoms with Crippen molar-refractivity contribution < 1.29 is 4.74 Å². The number of aliphatic imine (C=N–C) groups is 1.